The van der Waals surface area contributed by atoms with Crippen LogP contribution in [0.15, 0.2) is 22.1 Å². The van der Waals surface area contributed by atoms with Gasteiger partial charge in [-0.2, -0.15) is 0 Å². The van der Waals surface area contributed by atoms with Crippen LogP contribution in [0, 0.1) is 13.8 Å². The van der Waals surface area contributed by atoms with Gasteiger partial charge in [-0.25, -0.2) is 14.8 Å². The molecule has 2 aromatic heterocycles. The fourth-order valence-electron chi connectivity index (χ4n) is 1.43. The van der Waals surface area contributed by atoms with E-state index in [2.05, 4.69) is 36.5 Å². The summed E-state index contributed by atoms with van der Waals surface area (Å²) in [4.78, 5) is 21.2. The van der Waals surface area contributed by atoms with Crippen molar-refractivity contribution in [2.45, 2.75) is 20.4 Å². The van der Waals surface area contributed by atoms with Crippen molar-refractivity contribution >= 4 is 39.1 Å². The van der Waals surface area contributed by atoms with Crippen LogP contribution < -0.4 is 10.6 Å². The van der Waals surface area contributed by atoms with Crippen LogP contribution in [0.2, 0.25) is 0 Å². The zero-order valence-corrected chi connectivity index (χ0v) is 12.9. The first kappa shape index (κ1) is 14.0. The van der Waals surface area contributed by atoms with Gasteiger partial charge in [0, 0.05) is 9.35 Å². The van der Waals surface area contributed by atoms with Crippen molar-refractivity contribution < 1.29 is 4.79 Å². The zero-order chi connectivity index (χ0) is 13.8. The molecule has 0 aliphatic heterocycles. The van der Waals surface area contributed by atoms with Gasteiger partial charge in [-0.15, -0.1) is 11.3 Å². The number of nitrogens with zero attached hydrogens (tertiary/aromatic N) is 2. The van der Waals surface area contributed by atoms with Crippen LogP contribution in [0.5, 0.6) is 0 Å². The van der Waals surface area contributed by atoms with Crippen LogP contribution in [0.25, 0.3) is 0 Å². The molecule has 0 unspecified atom stereocenters. The Morgan fingerprint density at radius 2 is 2.16 bits per heavy atom. The minimum atomic E-state index is -0.276. The molecule has 2 heterocycles. The highest BCUT2D eigenvalue weighted by Crippen LogP contribution is 2.16. The number of carbonyl (C=O) groups excluding carboxylic acids is 1. The lowest BCUT2D eigenvalue weighted by Gasteiger charge is -2.07. The van der Waals surface area contributed by atoms with Crippen LogP contribution in [-0.4, -0.2) is 16.0 Å². The summed E-state index contributed by atoms with van der Waals surface area (Å²) >= 11 is 4.89. The van der Waals surface area contributed by atoms with Crippen LogP contribution in [0.3, 0.4) is 0 Å². The van der Waals surface area contributed by atoms with Gasteiger partial charge in [0.05, 0.1) is 23.4 Å². The molecule has 2 amide bonds. The predicted molar refractivity (Wildman–Crippen MR) is 79.4 cm³/mol. The van der Waals surface area contributed by atoms with Crippen molar-refractivity contribution in [2.24, 2.45) is 0 Å². The Morgan fingerprint density at radius 3 is 2.79 bits per heavy atom. The summed E-state index contributed by atoms with van der Waals surface area (Å²) in [6.45, 7) is 4.26. The number of amides is 2. The summed E-state index contributed by atoms with van der Waals surface area (Å²) < 4.78 is 0.916. The maximum Gasteiger partial charge on any atom is 0.320 e. The second-order valence-electron chi connectivity index (χ2n) is 3.93. The molecular formula is C12H13BrN4OS. The maximum atomic E-state index is 11.7. The molecule has 2 aromatic rings. The number of anilines is 1. The standard InChI is InChI=1S/C12H13BrN4OS/c1-7-9(13)3-4-11(16-7)17-12(18)14-5-10-8(2)15-6-19-10/h3-4,6H,5H2,1-2H3,(H2,14,16,17,18). The molecule has 0 radical (unpaired) electrons. The maximum absolute atomic E-state index is 11.7. The molecule has 0 saturated carbocycles. The average Bonchev–Trinajstić information content (AvgIpc) is 2.77. The lowest BCUT2D eigenvalue weighted by molar-refractivity contribution is 0.251. The highest BCUT2D eigenvalue weighted by atomic mass is 79.9. The Kier molecular flexibility index (Phi) is 4.49. The van der Waals surface area contributed by atoms with Crippen LogP contribution in [0.1, 0.15) is 16.3 Å². The number of aromatic nitrogens is 2. The van der Waals surface area contributed by atoms with Crippen molar-refractivity contribution in [1.29, 1.82) is 0 Å². The number of carbonyl (C=O) groups is 1. The van der Waals surface area contributed by atoms with Crippen molar-refractivity contribution in [3.05, 3.63) is 38.4 Å². The number of hydrogen-bond donors (Lipinski definition) is 2. The van der Waals surface area contributed by atoms with E-state index in [-0.39, 0.29) is 6.03 Å². The molecule has 0 aliphatic carbocycles. The van der Waals surface area contributed by atoms with Gasteiger partial charge >= 0.3 is 6.03 Å². The Hall–Kier alpha value is -1.47. The molecule has 0 saturated heterocycles. The third-order valence-electron chi connectivity index (χ3n) is 2.52. The molecule has 7 heteroatoms. The minimum absolute atomic E-state index is 0.276. The van der Waals surface area contributed by atoms with E-state index in [1.807, 2.05) is 19.9 Å². The molecule has 100 valence electrons. The van der Waals surface area contributed by atoms with Crippen molar-refractivity contribution in [3.8, 4) is 0 Å². The lowest BCUT2D eigenvalue weighted by atomic mass is 10.4. The zero-order valence-electron chi connectivity index (χ0n) is 10.5. The molecule has 0 aliphatic rings. The van der Waals surface area contributed by atoms with Gasteiger partial charge in [0.1, 0.15) is 5.82 Å². The van der Waals surface area contributed by atoms with E-state index >= 15 is 0 Å². The van der Waals surface area contributed by atoms with Gasteiger partial charge in [0.15, 0.2) is 0 Å². The average molecular weight is 341 g/mol. The topological polar surface area (TPSA) is 66.9 Å². The molecule has 0 fully saturated rings. The third-order valence-corrected chi connectivity index (χ3v) is 4.29. The number of pyridine rings is 1. The highest BCUT2D eigenvalue weighted by molar-refractivity contribution is 9.10. The fourth-order valence-corrected chi connectivity index (χ4v) is 2.37. The van der Waals surface area contributed by atoms with E-state index in [1.54, 1.807) is 11.6 Å². The second-order valence-corrected chi connectivity index (χ2v) is 5.73. The number of rotatable bonds is 3. The normalized spacial score (nSPS) is 10.3. The lowest BCUT2D eigenvalue weighted by Crippen LogP contribution is -2.28. The van der Waals surface area contributed by atoms with Crippen molar-refractivity contribution in [2.75, 3.05) is 5.32 Å². The predicted octanol–water partition coefficient (Wildman–Crippen LogP) is 3.24. The smallest absolute Gasteiger partial charge is 0.320 e. The Labute approximate surface area is 123 Å². The van der Waals surface area contributed by atoms with Gasteiger partial charge in [0.2, 0.25) is 0 Å². The molecule has 0 spiro atoms. The summed E-state index contributed by atoms with van der Waals surface area (Å²) in [5.74, 6) is 0.527. The van der Waals surface area contributed by atoms with E-state index in [9.17, 15) is 4.79 Å². The van der Waals surface area contributed by atoms with Crippen molar-refractivity contribution in [3.63, 3.8) is 0 Å². The summed E-state index contributed by atoms with van der Waals surface area (Å²) in [7, 11) is 0. The van der Waals surface area contributed by atoms with Gasteiger partial charge in [-0.3, -0.25) is 5.32 Å². The van der Waals surface area contributed by atoms with E-state index in [0.29, 0.717) is 12.4 Å². The van der Waals surface area contributed by atoms with Crippen molar-refractivity contribution in [1.82, 2.24) is 15.3 Å². The summed E-state index contributed by atoms with van der Waals surface area (Å²) in [6, 6.07) is 3.32. The molecule has 5 nitrogen and oxygen atoms in total. The van der Waals surface area contributed by atoms with Gasteiger partial charge in [-0.05, 0) is 41.9 Å². The van der Waals surface area contributed by atoms with E-state index in [1.165, 1.54) is 11.3 Å². The van der Waals surface area contributed by atoms with Crippen LogP contribution >= 0.6 is 27.3 Å². The van der Waals surface area contributed by atoms with Gasteiger partial charge < -0.3 is 5.32 Å². The molecule has 0 bridgehead atoms. The summed E-state index contributed by atoms with van der Waals surface area (Å²) in [5, 5.41) is 5.47. The van der Waals surface area contributed by atoms with Gasteiger partial charge in [-0.1, -0.05) is 0 Å². The SMILES string of the molecule is Cc1nc(NC(=O)NCc2scnc2C)ccc1Br. The number of hydrogen-bond acceptors (Lipinski definition) is 4. The summed E-state index contributed by atoms with van der Waals surface area (Å²) in [6.07, 6.45) is 0. The molecule has 2 N–H and O–H groups in total. The van der Waals surface area contributed by atoms with E-state index in [4.69, 9.17) is 0 Å². The first-order chi connectivity index (χ1) is 9.06. The van der Waals surface area contributed by atoms with E-state index < -0.39 is 0 Å². The number of thiazole rings is 1. The fraction of sp³-hybridized carbons (Fsp3) is 0.250. The Balaban J connectivity index is 1.91. The van der Waals surface area contributed by atoms with Gasteiger partial charge in [0.25, 0.3) is 0 Å². The van der Waals surface area contributed by atoms with Crippen LogP contribution in [0.4, 0.5) is 10.6 Å². The molecule has 0 aromatic carbocycles. The minimum Gasteiger partial charge on any atom is -0.333 e. The number of nitrogens with one attached hydrogen (secondary N) is 2. The first-order valence-electron chi connectivity index (χ1n) is 5.63. The molecule has 2 rings (SSSR count). The summed E-state index contributed by atoms with van der Waals surface area (Å²) in [5.41, 5.74) is 3.54. The largest absolute Gasteiger partial charge is 0.333 e. The number of aryl methyl sites for hydroxylation is 2. The van der Waals surface area contributed by atoms with E-state index in [0.717, 1.165) is 20.7 Å². The Bertz CT molecular complexity index is 599. The first-order valence-corrected chi connectivity index (χ1v) is 7.30. The monoisotopic (exact) mass is 340 g/mol. The number of halogens is 1. The second kappa shape index (κ2) is 6.12. The molecular weight excluding hydrogens is 328 g/mol. The Morgan fingerprint density at radius 1 is 1.37 bits per heavy atom. The molecule has 0 atom stereocenters. The number of urea groups is 1. The van der Waals surface area contributed by atoms with Crippen LogP contribution in [-0.2, 0) is 6.54 Å². The highest BCUT2D eigenvalue weighted by Gasteiger charge is 2.06. The molecule has 19 heavy (non-hydrogen) atoms. The quantitative estimate of drug-likeness (QED) is 0.901. The third kappa shape index (κ3) is 3.74.